The van der Waals surface area contributed by atoms with Gasteiger partial charge in [0.05, 0.1) is 17.8 Å². The molecule has 0 spiro atoms. The van der Waals surface area contributed by atoms with Crippen molar-refractivity contribution in [3.05, 3.63) is 60.0 Å². The Kier molecular flexibility index (Phi) is 6.35. The summed E-state index contributed by atoms with van der Waals surface area (Å²) in [5, 5.41) is 14.7. The number of amides is 2. The molecular formula is C25H30N6O2. The van der Waals surface area contributed by atoms with Crippen molar-refractivity contribution < 1.29 is 9.59 Å². The van der Waals surface area contributed by atoms with Crippen LogP contribution in [0.4, 0.5) is 5.69 Å². The first-order chi connectivity index (χ1) is 16.2. The molecule has 1 saturated carbocycles. The minimum atomic E-state index is -0.112. The third-order valence-electron chi connectivity index (χ3n) is 6.80. The molecule has 2 aromatic heterocycles. The Labute approximate surface area is 193 Å². The summed E-state index contributed by atoms with van der Waals surface area (Å²) >= 11 is 0. The highest BCUT2D eigenvalue weighted by Crippen LogP contribution is 2.27. The van der Waals surface area contributed by atoms with Crippen molar-refractivity contribution in [2.24, 2.45) is 0 Å². The van der Waals surface area contributed by atoms with E-state index in [4.69, 9.17) is 0 Å². The van der Waals surface area contributed by atoms with Crippen LogP contribution in [-0.2, 0) is 4.79 Å². The summed E-state index contributed by atoms with van der Waals surface area (Å²) in [6.45, 7) is 1.96. The maximum absolute atomic E-state index is 12.8. The van der Waals surface area contributed by atoms with Crippen molar-refractivity contribution >= 4 is 23.1 Å². The van der Waals surface area contributed by atoms with Gasteiger partial charge in [0.2, 0.25) is 5.91 Å². The van der Waals surface area contributed by atoms with E-state index >= 15 is 0 Å². The smallest absolute Gasteiger partial charge is 0.253 e. The van der Waals surface area contributed by atoms with E-state index < -0.39 is 0 Å². The highest BCUT2D eigenvalue weighted by atomic mass is 16.2. The molecule has 1 aromatic carbocycles. The van der Waals surface area contributed by atoms with Gasteiger partial charge in [0.1, 0.15) is 5.82 Å². The summed E-state index contributed by atoms with van der Waals surface area (Å²) in [4.78, 5) is 27.7. The van der Waals surface area contributed by atoms with Crippen LogP contribution in [0.15, 0.2) is 48.7 Å². The number of pyridine rings is 1. The van der Waals surface area contributed by atoms with Crippen molar-refractivity contribution in [3.8, 4) is 0 Å². The fourth-order valence-corrected chi connectivity index (χ4v) is 5.00. The molecule has 2 amide bonds. The van der Waals surface area contributed by atoms with Crippen molar-refractivity contribution in [2.45, 2.75) is 50.5 Å². The Hall–Kier alpha value is -3.26. The lowest BCUT2D eigenvalue weighted by atomic mass is 9.96. The van der Waals surface area contributed by atoms with Gasteiger partial charge in [0, 0.05) is 18.2 Å². The van der Waals surface area contributed by atoms with Crippen LogP contribution in [0.1, 0.15) is 60.6 Å². The molecule has 0 atom stereocenters. The zero-order valence-electron chi connectivity index (χ0n) is 18.7. The van der Waals surface area contributed by atoms with Crippen LogP contribution in [0.2, 0.25) is 0 Å². The molecule has 2 fully saturated rings. The third-order valence-corrected chi connectivity index (χ3v) is 6.80. The number of piperidine rings is 1. The van der Waals surface area contributed by atoms with Gasteiger partial charge in [-0.25, -0.2) is 0 Å². The van der Waals surface area contributed by atoms with E-state index in [2.05, 4.69) is 30.1 Å². The summed E-state index contributed by atoms with van der Waals surface area (Å²) in [5.41, 5.74) is 1.96. The number of hydrogen-bond donors (Lipinski definition) is 2. The number of fused-ring (bicyclic) bond motifs is 1. The first-order valence-corrected chi connectivity index (χ1v) is 11.9. The number of aromatic nitrogens is 3. The molecule has 8 heteroatoms. The number of benzene rings is 1. The molecule has 2 aliphatic rings. The number of hydrogen-bond acceptors (Lipinski definition) is 5. The lowest BCUT2D eigenvalue weighted by Gasteiger charge is -2.30. The number of nitrogens with one attached hydrogen (secondary N) is 2. The van der Waals surface area contributed by atoms with Crippen molar-refractivity contribution in [1.82, 2.24) is 24.8 Å². The average molecular weight is 447 g/mol. The van der Waals surface area contributed by atoms with Crippen molar-refractivity contribution in [3.63, 3.8) is 0 Å². The first kappa shape index (κ1) is 21.6. The standard InChI is InChI=1S/C25H30N6O2/c32-23(27-21-10-4-3-9-20(21)25(33)26-19-7-1-2-8-19)17-30-15-12-18(13-16-30)24-29-28-22-11-5-6-14-31(22)24/h3-6,9-11,14,18-19H,1-2,7-8,12-13,15-17H2,(H,26,33)(H,27,32). The van der Waals surface area contributed by atoms with Crippen LogP contribution in [0, 0.1) is 0 Å². The van der Waals surface area contributed by atoms with E-state index in [1.165, 1.54) is 0 Å². The van der Waals surface area contributed by atoms with E-state index in [9.17, 15) is 9.59 Å². The van der Waals surface area contributed by atoms with E-state index in [0.29, 0.717) is 23.7 Å². The molecule has 0 unspecified atom stereocenters. The molecule has 5 rings (SSSR count). The Morgan fingerprint density at radius 3 is 2.52 bits per heavy atom. The number of nitrogens with zero attached hydrogens (tertiary/aromatic N) is 4. The molecule has 0 radical (unpaired) electrons. The van der Waals surface area contributed by atoms with Gasteiger partial charge in [-0.3, -0.25) is 18.9 Å². The predicted octanol–water partition coefficient (Wildman–Crippen LogP) is 3.22. The largest absolute Gasteiger partial charge is 0.349 e. The average Bonchev–Trinajstić information content (AvgIpc) is 3.50. The molecule has 1 aliphatic carbocycles. The van der Waals surface area contributed by atoms with E-state index in [1.54, 1.807) is 12.1 Å². The molecule has 2 N–H and O–H groups in total. The number of rotatable bonds is 6. The zero-order chi connectivity index (χ0) is 22.6. The highest BCUT2D eigenvalue weighted by Gasteiger charge is 2.26. The molecule has 1 aliphatic heterocycles. The normalized spacial score (nSPS) is 17.9. The first-order valence-electron chi connectivity index (χ1n) is 11.9. The van der Waals surface area contributed by atoms with E-state index in [1.807, 2.05) is 36.5 Å². The van der Waals surface area contributed by atoms with Gasteiger partial charge in [0.15, 0.2) is 5.65 Å². The number of carbonyl (C=O) groups excluding carboxylic acids is 2. The second kappa shape index (κ2) is 9.70. The maximum atomic E-state index is 12.8. The number of carbonyl (C=O) groups is 2. The fourth-order valence-electron chi connectivity index (χ4n) is 5.00. The lowest BCUT2D eigenvalue weighted by molar-refractivity contribution is -0.117. The van der Waals surface area contributed by atoms with Gasteiger partial charge in [0.25, 0.3) is 5.91 Å². The minimum absolute atomic E-state index is 0.0949. The Morgan fingerprint density at radius 1 is 0.939 bits per heavy atom. The van der Waals surface area contributed by atoms with Crippen LogP contribution in [-0.4, -0.2) is 57.0 Å². The Morgan fingerprint density at radius 2 is 1.70 bits per heavy atom. The van der Waals surface area contributed by atoms with Gasteiger partial charge >= 0.3 is 0 Å². The van der Waals surface area contributed by atoms with Gasteiger partial charge < -0.3 is 10.6 Å². The fraction of sp³-hybridized carbons (Fsp3) is 0.440. The molecule has 3 heterocycles. The summed E-state index contributed by atoms with van der Waals surface area (Å²) < 4.78 is 2.06. The van der Waals surface area contributed by atoms with E-state index in [0.717, 1.165) is 63.1 Å². The minimum Gasteiger partial charge on any atom is -0.349 e. The van der Waals surface area contributed by atoms with Gasteiger partial charge in [-0.1, -0.05) is 31.0 Å². The monoisotopic (exact) mass is 446 g/mol. The third kappa shape index (κ3) is 4.90. The van der Waals surface area contributed by atoms with Crippen LogP contribution in [0.5, 0.6) is 0 Å². The summed E-state index contributed by atoms with van der Waals surface area (Å²) in [5.74, 6) is 1.13. The molecule has 1 saturated heterocycles. The van der Waals surface area contributed by atoms with Crippen molar-refractivity contribution in [2.75, 3.05) is 25.0 Å². The number of likely N-dealkylation sites (tertiary alicyclic amines) is 1. The Balaban J connectivity index is 1.16. The topological polar surface area (TPSA) is 91.6 Å². The summed E-state index contributed by atoms with van der Waals surface area (Å²) in [6.07, 6.45) is 8.25. The summed E-state index contributed by atoms with van der Waals surface area (Å²) in [6, 6.07) is 13.4. The highest BCUT2D eigenvalue weighted by molar-refractivity contribution is 6.04. The van der Waals surface area contributed by atoms with Gasteiger partial charge in [-0.2, -0.15) is 0 Å². The van der Waals surface area contributed by atoms with Crippen LogP contribution < -0.4 is 10.6 Å². The predicted molar refractivity (Wildman–Crippen MR) is 126 cm³/mol. The number of anilines is 1. The molecule has 172 valence electrons. The lowest BCUT2D eigenvalue weighted by Crippen LogP contribution is -2.39. The van der Waals surface area contributed by atoms with Crippen molar-refractivity contribution in [1.29, 1.82) is 0 Å². The van der Waals surface area contributed by atoms with Crippen LogP contribution in [0.3, 0.4) is 0 Å². The molecular weight excluding hydrogens is 416 g/mol. The quantitative estimate of drug-likeness (QED) is 0.607. The number of para-hydroxylation sites is 1. The molecule has 0 bridgehead atoms. The zero-order valence-corrected chi connectivity index (χ0v) is 18.7. The molecule has 3 aromatic rings. The van der Waals surface area contributed by atoms with Crippen LogP contribution >= 0.6 is 0 Å². The second-order valence-corrected chi connectivity index (χ2v) is 9.09. The second-order valence-electron chi connectivity index (χ2n) is 9.09. The summed E-state index contributed by atoms with van der Waals surface area (Å²) in [7, 11) is 0. The van der Waals surface area contributed by atoms with Gasteiger partial charge in [-0.15, -0.1) is 10.2 Å². The molecule has 33 heavy (non-hydrogen) atoms. The SMILES string of the molecule is O=C(CN1CCC(c2nnc3ccccn23)CC1)Nc1ccccc1C(=O)NC1CCCC1. The van der Waals surface area contributed by atoms with Gasteiger partial charge in [-0.05, 0) is 63.0 Å². The van der Waals surface area contributed by atoms with Crippen LogP contribution in [0.25, 0.3) is 5.65 Å². The molecule has 8 nitrogen and oxygen atoms in total. The maximum Gasteiger partial charge on any atom is 0.253 e. The van der Waals surface area contributed by atoms with E-state index in [-0.39, 0.29) is 17.9 Å². The Bertz CT molecular complexity index is 1130.